The van der Waals surface area contributed by atoms with Crippen molar-refractivity contribution in [2.75, 3.05) is 13.1 Å². The van der Waals surface area contributed by atoms with Gasteiger partial charge >= 0.3 is 0 Å². The Morgan fingerprint density at radius 2 is 2.04 bits per heavy atom. The largest absolute Gasteiger partial charge is 0.488 e. The molecule has 0 radical (unpaired) electrons. The Balaban J connectivity index is 1.32. The van der Waals surface area contributed by atoms with Crippen molar-refractivity contribution >= 4 is 0 Å². The van der Waals surface area contributed by atoms with Crippen LogP contribution >= 0.6 is 0 Å². The minimum Gasteiger partial charge on any atom is -0.488 e. The number of hydrogen-bond acceptors (Lipinski definition) is 5. The van der Waals surface area contributed by atoms with Crippen molar-refractivity contribution in [3.63, 3.8) is 0 Å². The first kappa shape index (κ1) is 16.5. The van der Waals surface area contributed by atoms with Gasteiger partial charge in [0.1, 0.15) is 17.5 Å². The van der Waals surface area contributed by atoms with E-state index in [1.807, 2.05) is 29.3 Å². The Bertz CT molecular complexity index is 911. The van der Waals surface area contributed by atoms with E-state index in [0.29, 0.717) is 6.04 Å². The summed E-state index contributed by atoms with van der Waals surface area (Å²) in [5.41, 5.74) is 2.12. The average molecular weight is 364 g/mol. The maximum absolute atomic E-state index is 6.20. The van der Waals surface area contributed by atoms with E-state index >= 15 is 0 Å². The zero-order valence-corrected chi connectivity index (χ0v) is 15.3. The highest BCUT2D eigenvalue weighted by Gasteiger charge is 2.22. The van der Waals surface area contributed by atoms with Gasteiger partial charge in [-0.05, 0) is 50.4 Å². The van der Waals surface area contributed by atoms with Crippen LogP contribution in [0.1, 0.15) is 30.9 Å². The molecule has 4 heterocycles. The first-order chi connectivity index (χ1) is 13.4. The number of ether oxygens (including phenoxy) is 1. The molecule has 0 spiro atoms. The molecule has 1 N–H and O–H groups in total. The molecule has 0 bridgehead atoms. The van der Waals surface area contributed by atoms with Crippen molar-refractivity contribution in [1.82, 2.24) is 29.9 Å². The van der Waals surface area contributed by atoms with Crippen LogP contribution in [-0.2, 0) is 13.0 Å². The van der Waals surface area contributed by atoms with Gasteiger partial charge in [-0.1, -0.05) is 23.4 Å². The summed E-state index contributed by atoms with van der Waals surface area (Å²) in [6, 6.07) is 8.73. The molecule has 0 saturated carbocycles. The molecule has 1 fully saturated rings. The molecule has 1 saturated heterocycles. The minimum absolute atomic E-state index is 0.146. The molecular formula is C20H24N6O. The highest BCUT2D eigenvalue weighted by atomic mass is 16.5. The van der Waals surface area contributed by atoms with E-state index < -0.39 is 0 Å². The van der Waals surface area contributed by atoms with E-state index in [1.54, 1.807) is 0 Å². The number of nitrogens with one attached hydrogen (secondary N) is 1. The number of fused-ring (bicyclic) bond motifs is 1. The molecule has 140 valence electrons. The smallest absolute Gasteiger partial charge is 0.162 e. The van der Waals surface area contributed by atoms with Gasteiger partial charge in [-0.3, -0.25) is 0 Å². The van der Waals surface area contributed by atoms with Crippen molar-refractivity contribution in [3.8, 4) is 17.3 Å². The van der Waals surface area contributed by atoms with Crippen molar-refractivity contribution in [2.45, 2.75) is 44.4 Å². The molecule has 7 heteroatoms. The van der Waals surface area contributed by atoms with Crippen molar-refractivity contribution in [3.05, 3.63) is 48.4 Å². The second-order valence-electron chi connectivity index (χ2n) is 7.35. The predicted molar refractivity (Wildman–Crippen MR) is 102 cm³/mol. The third-order valence-corrected chi connectivity index (χ3v) is 5.54. The van der Waals surface area contributed by atoms with Gasteiger partial charge in [0, 0.05) is 12.4 Å². The third-order valence-electron chi connectivity index (χ3n) is 5.54. The Hall–Kier alpha value is -2.67. The van der Waals surface area contributed by atoms with Gasteiger partial charge < -0.3 is 14.6 Å². The van der Waals surface area contributed by atoms with Gasteiger partial charge in [0.25, 0.3) is 0 Å². The third kappa shape index (κ3) is 3.35. The summed E-state index contributed by atoms with van der Waals surface area (Å²) in [6.07, 6.45) is 10.3. The van der Waals surface area contributed by atoms with Crippen LogP contribution in [0, 0.1) is 0 Å². The summed E-state index contributed by atoms with van der Waals surface area (Å²) in [4.78, 5) is 4.53. The molecule has 1 unspecified atom stereocenters. The zero-order chi connectivity index (χ0) is 18.1. The summed E-state index contributed by atoms with van der Waals surface area (Å²) >= 11 is 0. The summed E-state index contributed by atoms with van der Waals surface area (Å²) < 4.78 is 10.3. The van der Waals surface area contributed by atoms with Crippen LogP contribution in [0.4, 0.5) is 0 Å². The highest BCUT2D eigenvalue weighted by molar-refractivity contribution is 5.47. The maximum Gasteiger partial charge on any atom is 0.162 e. The first-order valence-electron chi connectivity index (χ1n) is 9.75. The van der Waals surface area contributed by atoms with Crippen LogP contribution in [0.15, 0.2) is 42.9 Å². The van der Waals surface area contributed by atoms with E-state index in [0.717, 1.165) is 62.6 Å². The number of aromatic nitrogens is 5. The Morgan fingerprint density at radius 1 is 1.15 bits per heavy atom. The summed E-state index contributed by atoms with van der Waals surface area (Å²) in [5, 5.41) is 12.1. The van der Waals surface area contributed by atoms with E-state index in [1.165, 1.54) is 5.56 Å². The van der Waals surface area contributed by atoms with Gasteiger partial charge in [0.05, 0.1) is 18.8 Å². The monoisotopic (exact) mass is 364 g/mol. The lowest BCUT2D eigenvalue weighted by Crippen LogP contribution is -2.29. The number of rotatable bonds is 4. The highest BCUT2D eigenvalue weighted by Crippen LogP contribution is 2.28. The fourth-order valence-corrected chi connectivity index (χ4v) is 4.05. The molecule has 3 aromatic rings. The molecule has 7 nitrogen and oxygen atoms in total. The Labute approximate surface area is 158 Å². The molecule has 1 aromatic carbocycles. The topological polar surface area (TPSA) is 69.8 Å². The van der Waals surface area contributed by atoms with Crippen molar-refractivity contribution < 1.29 is 4.74 Å². The number of hydrogen-bond donors (Lipinski definition) is 1. The van der Waals surface area contributed by atoms with Gasteiger partial charge in [0.2, 0.25) is 0 Å². The number of para-hydroxylation sites is 1. The van der Waals surface area contributed by atoms with Gasteiger partial charge in [-0.15, -0.1) is 5.10 Å². The van der Waals surface area contributed by atoms with Crippen LogP contribution in [0.3, 0.4) is 0 Å². The average Bonchev–Trinajstić information content (AvgIpc) is 3.38. The summed E-state index contributed by atoms with van der Waals surface area (Å²) in [7, 11) is 0. The van der Waals surface area contributed by atoms with E-state index in [2.05, 4.69) is 43.4 Å². The predicted octanol–water partition coefficient (Wildman–Crippen LogP) is 2.46. The normalized spacial score (nSPS) is 20.2. The number of benzene rings is 1. The van der Waals surface area contributed by atoms with Crippen LogP contribution in [0.25, 0.3) is 11.5 Å². The lowest BCUT2D eigenvalue weighted by molar-refractivity contribution is 0.154. The lowest BCUT2D eigenvalue weighted by Gasteiger charge is -2.26. The molecule has 0 aliphatic carbocycles. The maximum atomic E-state index is 6.20. The summed E-state index contributed by atoms with van der Waals surface area (Å²) in [6.45, 7) is 2.84. The van der Waals surface area contributed by atoms with Crippen molar-refractivity contribution in [1.29, 1.82) is 0 Å². The van der Waals surface area contributed by atoms with Crippen LogP contribution in [-0.4, -0.2) is 43.7 Å². The van der Waals surface area contributed by atoms with Crippen LogP contribution < -0.4 is 10.1 Å². The zero-order valence-electron chi connectivity index (χ0n) is 15.3. The fourth-order valence-electron chi connectivity index (χ4n) is 4.05. The minimum atomic E-state index is 0.146. The van der Waals surface area contributed by atoms with E-state index in [4.69, 9.17) is 4.74 Å². The molecule has 5 rings (SSSR count). The molecule has 1 atom stereocenters. The summed E-state index contributed by atoms with van der Waals surface area (Å²) in [5.74, 6) is 1.87. The fraction of sp³-hybridized carbons (Fsp3) is 0.450. The number of aryl methyl sites for hydroxylation is 1. The first-order valence-corrected chi connectivity index (χ1v) is 9.75. The quantitative estimate of drug-likeness (QED) is 0.770. The van der Waals surface area contributed by atoms with Crippen LogP contribution in [0.2, 0.25) is 0 Å². The molecule has 0 amide bonds. The standard InChI is InChI=1S/C20H24N6O/c1-2-4-19-15(3-1)5-6-17(27-19)13-25-12-11-22-20(25)18-14-26(24-23-18)16-7-9-21-10-8-16/h1-4,11-12,14,16-17,21H,5-10,13H2. The second-order valence-corrected chi connectivity index (χ2v) is 7.35. The molecule has 27 heavy (non-hydrogen) atoms. The molecule has 2 aliphatic heterocycles. The molecular weight excluding hydrogens is 340 g/mol. The second kappa shape index (κ2) is 7.15. The molecule has 2 aliphatic rings. The SMILES string of the molecule is c1ccc2c(c1)CCC(Cn1ccnc1-c1cn(C3CCNCC3)nn1)O2. The van der Waals surface area contributed by atoms with Crippen molar-refractivity contribution in [2.24, 2.45) is 0 Å². The van der Waals surface area contributed by atoms with Gasteiger partial charge in [-0.2, -0.15) is 0 Å². The number of nitrogens with zero attached hydrogens (tertiary/aromatic N) is 5. The number of imidazole rings is 1. The lowest BCUT2D eigenvalue weighted by atomic mass is 10.0. The number of piperidine rings is 1. The van der Waals surface area contributed by atoms with Gasteiger partial charge in [-0.25, -0.2) is 9.67 Å². The Morgan fingerprint density at radius 3 is 2.96 bits per heavy atom. The van der Waals surface area contributed by atoms with E-state index in [-0.39, 0.29) is 6.10 Å². The van der Waals surface area contributed by atoms with E-state index in [9.17, 15) is 0 Å². The Kier molecular flexibility index (Phi) is 4.37. The van der Waals surface area contributed by atoms with Crippen LogP contribution in [0.5, 0.6) is 5.75 Å². The molecule has 2 aromatic heterocycles. The van der Waals surface area contributed by atoms with Gasteiger partial charge in [0.15, 0.2) is 5.82 Å².